The predicted octanol–water partition coefficient (Wildman–Crippen LogP) is 4.39. The summed E-state index contributed by atoms with van der Waals surface area (Å²) >= 11 is 0. The van der Waals surface area contributed by atoms with Crippen LogP contribution in [-0.4, -0.2) is 28.7 Å². The molecule has 3 N–H and O–H groups in total. The van der Waals surface area contributed by atoms with Crippen molar-refractivity contribution in [2.45, 2.75) is 12.3 Å². The van der Waals surface area contributed by atoms with E-state index in [0.717, 1.165) is 12.1 Å². The molecule has 1 aromatic heterocycles. The number of ether oxygens (including phenoxy) is 1. The lowest BCUT2D eigenvalue weighted by Gasteiger charge is -2.15. The number of hydrogen-bond donors (Lipinski definition) is 3. The van der Waals surface area contributed by atoms with Crippen molar-refractivity contribution >= 4 is 17.5 Å². The molecule has 0 saturated heterocycles. The Morgan fingerprint density at radius 1 is 1.07 bits per heavy atom. The Bertz CT molecular complexity index is 949. The molecule has 0 bridgehead atoms. The molecule has 2 aromatic carbocycles. The van der Waals surface area contributed by atoms with E-state index in [1.165, 1.54) is 18.3 Å². The number of aliphatic hydroxyl groups excluding tert-OH is 1. The normalized spacial score (nSPS) is 12.3. The molecular weight excluding hydrogens is 385 g/mol. The molecule has 0 spiro atoms. The second kappa shape index (κ2) is 8.78. The van der Waals surface area contributed by atoms with Crippen LogP contribution >= 0.6 is 0 Å². The van der Waals surface area contributed by atoms with Crippen LogP contribution in [0.25, 0.3) is 0 Å². The second-order valence-corrected chi connectivity index (χ2v) is 6.11. The van der Waals surface area contributed by atoms with E-state index >= 15 is 0 Å². The Morgan fingerprint density at radius 2 is 1.79 bits per heavy atom. The maximum absolute atomic E-state index is 12.6. The van der Waals surface area contributed by atoms with E-state index in [9.17, 15) is 18.3 Å². The van der Waals surface area contributed by atoms with Gasteiger partial charge in [-0.2, -0.15) is 18.2 Å². The summed E-state index contributed by atoms with van der Waals surface area (Å²) in [6.45, 7) is 0.0659. The van der Waals surface area contributed by atoms with Gasteiger partial charge in [0, 0.05) is 12.7 Å². The Labute approximate surface area is 165 Å². The van der Waals surface area contributed by atoms with Gasteiger partial charge in [0.2, 0.25) is 5.95 Å². The molecule has 152 valence electrons. The smallest absolute Gasteiger partial charge is 0.416 e. The summed E-state index contributed by atoms with van der Waals surface area (Å²) in [4.78, 5) is 8.45. The fraction of sp³-hybridized carbons (Fsp3) is 0.200. The first-order valence-corrected chi connectivity index (χ1v) is 8.69. The standard InChI is InChI=1S/C20H19F3N4O2/c1-29-17-5-3-2-4-15(17)26-19-24-11-10-18(27-19)25-12-16(28)13-6-8-14(9-7-13)20(21,22)23/h2-11,16,28H,12H2,1H3,(H2,24,25,26,27). The van der Waals surface area contributed by atoms with Crippen LogP contribution in [-0.2, 0) is 6.18 Å². The van der Waals surface area contributed by atoms with Crippen molar-refractivity contribution in [3.05, 3.63) is 71.9 Å². The summed E-state index contributed by atoms with van der Waals surface area (Å²) in [6, 6.07) is 13.3. The Kier molecular flexibility index (Phi) is 6.18. The number of hydrogen-bond acceptors (Lipinski definition) is 6. The van der Waals surface area contributed by atoms with Gasteiger partial charge in [-0.25, -0.2) is 4.98 Å². The molecule has 1 atom stereocenters. The number of methoxy groups -OCH3 is 1. The van der Waals surface area contributed by atoms with Crippen molar-refractivity contribution in [2.24, 2.45) is 0 Å². The predicted molar refractivity (Wildman–Crippen MR) is 103 cm³/mol. The first-order chi connectivity index (χ1) is 13.9. The highest BCUT2D eigenvalue weighted by Crippen LogP contribution is 2.30. The Morgan fingerprint density at radius 3 is 2.48 bits per heavy atom. The molecule has 0 aliphatic rings. The van der Waals surface area contributed by atoms with E-state index in [1.807, 2.05) is 18.2 Å². The minimum Gasteiger partial charge on any atom is -0.495 e. The summed E-state index contributed by atoms with van der Waals surface area (Å²) in [5, 5.41) is 16.2. The zero-order chi connectivity index (χ0) is 20.9. The third-order valence-electron chi connectivity index (χ3n) is 4.11. The Balaban J connectivity index is 1.63. The summed E-state index contributed by atoms with van der Waals surface area (Å²) in [7, 11) is 1.56. The van der Waals surface area contributed by atoms with E-state index in [1.54, 1.807) is 19.2 Å². The van der Waals surface area contributed by atoms with Crippen molar-refractivity contribution in [2.75, 3.05) is 24.3 Å². The number of alkyl halides is 3. The SMILES string of the molecule is COc1ccccc1Nc1nccc(NCC(O)c2ccc(C(F)(F)F)cc2)n1. The quantitative estimate of drug-likeness (QED) is 0.542. The molecule has 29 heavy (non-hydrogen) atoms. The molecule has 0 fully saturated rings. The van der Waals surface area contributed by atoms with Crippen LogP contribution < -0.4 is 15.4 Å². The average molecular weight is 404 g/mol. The highest BCUT2D eigenvalue weighted by atomic mass is 19.4. The largest absolute Gasteiger partial charge is 0.495 e. The molecule has 1 heterocycles. The summed E-state index contributed by atoms with van der Waals surface area (Å²) in [5.74, 6) is 1.40. The van der Waals surface area contributed by atoms with Crippen LogP contribution in [0.5, 0.6) is 5.75 Å². The van der Waals surface area contributed by atoms with E-state index < -0.39 is 17.8 Å². The van der Waals surface area contributed by atoms with Gasteiger partial charge in [0.15, 0.2) is 0 Å². The first kappa shape index (κ1) is 20.4. The molecule has 0 aliphatic carbocycles. The number of aromatic nitrogens is 2. The van der Waals surface area contributed by atoms with Gasteiger partial charge in [-0.3, -0.25) is 0 Å². The lowest BCUT2D eigenvalue weighted by Crippen LogP contribution is -2.14. The third kappa shape index (κ3) is 5.35. The van der Waals surface area contributed by atoms with Crippen LogP contribution in [0.15, 0.2) is 60.8 Å². The molecule has 0 aliphatic heterocycles. The number of para-hydroxylation sites is 2. The van der Waals surface area contributed by atoms with Gasteiger partial charge in [0.05, 0.1) is 24.5 Å². The number of nitrogens with one attached hydrogen (secondary N) is 2. The zero-order valence-corrected chi connectivity index (χ0v) is 15.4. The third-order valence-corrected chi connectivity index (χ3v) is 4.11. The van der Waals surface area contributed by atoms with Crippen LogP contribution in [0.1, 0.15) is 17.2 Å². The monoisotopic (exact) mass is 404 g/mol. The van der Waals surface area contributed by atoms with E-state index in [-0.39, 0.29) is 6.54 Å². The number of aliphatic hydroxyl groups is 1. The van der Waals surface area contributed by atoms with Gasteiger partial charge >= 0.3 is 6.18 Å². The molecular formula is C20H19F3N4O2. The van der Waals surface area contributed by atoms with Gasteiger partial charge in [-0.1, -0.05) is 24.3 Å². The molecule has 0 saturated carbocycles. The summed E-state index contributed by atoms with van der Waals surface area (Å²) in [6.07, 6.45) is -3.87. The molecule has 0 radical (unpaired) electrons. The summed E-state index contributed by atoms with van der Waals surface area (Å²) in [5.41, 5.74) is 0.299. The van der Waals surface area contributed by atoms with Crippen molar-refractivity contribution in [1.82, 2.24) is 9.97 Å². The maximum atomic E-state index is 12.6. The van der Waals surface area contributed by atoms with Gasteiger partial charge < -0.3 is 20.5 Å². The molecule has 1 unspecified atom stereocenters. The van der Waals surface area contributed by atoms with Crippen LogP contribution in [0.2, 0.25) is 0 Å². The minimum absolute atomic E-state index is 0.0659. The maximum Gasteiger partial charge on any atom is 0.416 e. The molecule has 3 aromatic rings. The van der Waals surface area contributed by atoms with Gasteiger partial charge in [-0.05, 0) is 35.9 Å². The molecule has 6 nitrogen and oxygen atoms in total. The van der Waals surface area contributed by atoms with Crippen LogP contribution in [0.3, 0.4) is 0 Å². The fourth-order valence-corrected chi connectivity index (χ4v) is 2.60. The van der Waals surface area contributed by atoms with Gasteiger partial charge in [-0.15, -0.1) is 0 Å². The first-order valence-electron chi connectivity index (χ1n) is 8.69. The molecule has 0 amide bonds. The van der Waals surface area contributed by atoms with E-state index in [2.05, 4.69) is 20.6 Å². The Hall–Kier alpha value is -3.33. The van der Waals surface area contributed by atoms with E-state index in [4.69, 9.17) is 4.74 Å². The van der Waals surface area contributed by atoms with Gasteiger partial charge in [0.25, 0.3) is 0 Å². The zero-order valence-electron chi connectivity index (χ0n) is 15.4. The van der Waals surface area contributed by atoms with Gasteiger partial charge in [0.1, 0.15) is 11.6 Å². The van der Waals surface area contributed by atoms with Crippen LogP contribution in [0.4, 0.5) is 30.6 Å². The van der Waals surface area contributed by atoms with Crippen molar-refractivity contribution in [3.63, 3.8) is 0 Å². The minimum atomic E-state index is -4.41. The van der Waals surface area contributed by atoms with Crippen molar-refractivity contribution < 1.29 is 23.0 Å². The lowest BCUT2D eigenvalue weighted by molar-refractivity contribution is -0.137. The second-order valence-electron chi connectivity index (χ2n) is 6.11. The summed E-state index contributed by atoms with van der Waals surface area (Å²) < 4.78 is 43.2. The number of nitrogens with zero attached hydrogens (tertiary/aromatic N) is 2. The fourth-order valence-electron chi connectivity index (χ4n) is 2.60. The highest BCUT2D eigenvalue weighted by molar-refractivity contribution is 5.62. The van der Waals surface area contributed by atoms with Crippen LogP contribution in [0, 0.1) is 0 Å². The number of benzene rings is 2. The number of anilines is 3. The van der Waals surface area contributed by atoms with Crippen molar-refractivity contribution in [1.29, 1.82) is 0 Å². The van der Waals surface area contributed by atoms with E-state index in [0.29, 0.717) is 28.8 Å². The average Bonchev–Trinajstić information content (AvgIpc) is 2.72. The topological polar surface area (TPSA) is 79.3 Å². The lowest BCUT2D eigenvalue weighted by atomic mass is 10.1. The van der Waals surface area contributed by atoms with Crippen molar-refractivity contribution in [3.8, 4) is 5.75 Å². The number of rotatable bonds is 7. The highest BCUT2D eigenvalue weighted by Gasteiger charge is 2.30. The molecule has 3 rings (SSSR count). The number of halogens is 3. The molecule has 9 heteroatoms.